The Kier molecular flexibility index (Phi) is 4.86. The lowest BCUT2D eigenvalue weighted by Gasteiger charge is -2.38. The molecule has 1 aliphatic heterocycles. The predicted molar refractivity (Wildman–Crippen MR) is 115 cm³/mol. The number of hydrogen-bond acceptors (Lipinski definition) is 4. The molecule has 3 N–H and O–H groups in total. The molecule has 5 heteroatoms. The van der Waals surface area contributed by atoms with Crippen LogP contribution in [-0.4, -0.2) is 40.3 Å². The third-order valence-electron chi connectivity index (χ3n) is 6.28. The number of nitrogens with one attached hydrogen (secondary N) is 1. The summed E-state index contributed by atoms with van der Waals surface area (Å²) in [6, 6.07) is 17.6. The highest BCUT2D eigenvalue weighted by atomic mass is 16.5. The number of fused-ring (bicyclic) bond motifs is 1. The molecule has 1 aromatic heterocycles. The minimum atomic E-state index is 0.000813. The van der Waals surface area contributed by atoms with Gasteiger partial charge in [-0.2, -0.15) is 5.10 Å². The maximum absolute atomic E-state index is 6.78. The van der Waals surface area contributed by atoms with Gasteiger partial charge in [0.1, 0.15) is 11.9 Å². The van der Waals surface area contributed by atoms with E-state index >= 15 is 0 Å². The molecule has 150 valence electrons. The number of likely N-dealkylation sites (tertiary alicyclic amines) is 1. The van der Waals surface area contributed by atoms with Gasteiger partial charge in [-0.15, -0.1) is 0 Å². The molecule has 5 nitrogen and oxygen atoms in total. The zero-order valence-electron chi connectivity index (χ0n) is 16.8. The molecule has 3 atom stereocenters. The molecule has 29 heavy (non-hydrogen) atoms. The van der Waals surface area contributed by atoms with Gasteiger partial charge < -0.3 is 10.5 Å². The van der Waals surface area contributed by atoms with Crippen LogP contribution in [0.5, 0.6) is 5.75 Å². The van der Waals surface area contributed by atoms with Gasteiger partial charge in [0.2, 0.25) is 0 Å². The van der Waals surface area contributed by atoms with Crippen LogP contribution < -0.4 is 10.5 Å². The van der Waals surface area contributed by atoms with Crippen molar-refractivity contribution in [1.29, 1.82) is 0 Å². The van der Waals surface area contributed by atoms with Crippen molar-refractivity contribution in [3.05, 3.63) is 71.4 Å². The van der Waals surface area contributed by atoms with E-state index in [9.17, 15) is 0 Å². The molecule has 0 saturated carbocycles. The van der Waals surface area contributed by atoms with Gasteiger partial charge in [0, 0.05) is 24.3 Å². The van der Waals surface area contributed by atoms with E-state index in [0.29, 0.717) is 6.04 Å². The van der Waals surface area contributed by atoms with Crippen LogP contribution in [0.4, 0.5) is 0 Å². The Bertz CT molecular complexity index is 984. The Hall–Kier alpha value is -2.63. The van der Waals surface area contributed by atoms with E-state index in [2.05, 4.69) is 64.5 Å². The summed E-state index contributed by atoms with van der Waals surface area (Å²) >= 11 is 0. The molecular weight excluding hydrogens is 360 g/mol. The summed E-state index contributed by atoms with van der Waals surface area (Å²) in [5.41, 5.74) is 12.2. The van der Waals surface area contributed by atoms with Gasteiger partial charge in [-0.1, -0.05) is 35.9 Å². The Morgan fingerprint density at radius 2 is 2.07 bits per heavy atom. The lowest BCUT2D eigenvalue weighted by molar-refractivity contribution is 0.0596. The summed E-state index contributed by atoms with van der Waals surface area (Å²) < 4.78 is 6.78. The van der Waals surface area contributed by atoms with Crippen molar-refractivity contribution in [2.24, 2.45) is 5.73 Å². The summed E-state index contributed by atoms with van der Waals surface area (Å²) in [5.74, 6) is 0.896. The number of piperidine rings is 1. The maximum Gasteiger partial charge on any atom is 0.140 e. The van der Waals surface area contributed by atoms with E-state index < -0.39 is 0 Å². The number of aromatic nitrogens is 2. The summed E-state index contributed by atoms with van der Waals surface area (Å²) in [6.45, 7) is 4.14. The van der Waals surface area contributed by atoms with Gasteiger partial charge in [0.15, 0.2) is 0 Å². The van der Waals surface area contributed by atoms with Crippen LogP contribution in [0.2, 0.25) is 0 Å². The Morgan fingerprint density at radius 3 is 2.90 bits per heavy atom. The minimum Gasteiger partial charge on any atom is -0.483 e. The summed E-state index contributed by atoms with van der Waals surface area (Å²) in [5, 5.41) is 7.22. The molecule has 2 heterocycles. The van der Waals surface area contributed by atoms with Crippen molar-refractivity contribution in [2.45, 2.75) is 44.4 Å². The smallest absolute Gasteiger partial charge is 0.140 e. The zero-order valence-corrected chi connectivity index (χ0v) is 16.8. The molecule has 1 aliphatic carbocycles. The second kappa shape index (κ2) is 7.65. The second-order valence-corrected chi connectivity index (χ2v) is 8.38. The molecule has 0 spiro atoms. The number of aromatic amines is 1. The normalized spacial score (nSPS) is 24.4. The van der Waals surface area contributed by atoms with Crippen molar-refractivity contribution >= 4 is 0 Å². The van der Waals surface area contributed by atoms with Crippen molar-refractivity contribution < 1.29 is 4.74 Å². The average molecular weight is 389 g/mol. The molecule has 1 saturated heterocycles. The fourth-order valence-corrected chi connectivity index (χ4v) is 4.84. The van der Waals surface area contributed by atoms with E-state index in [4.69, 9.17) is 10.5 Å². The lowest BCUT2D eigenvalue weighted by Crippen LogP contribution is -2.49. The van der Waals surface area contributed by atoms with Crippen molar-refractivity contribution in [3.63, 3.8) is 0 Å². The van der Waals surface area contributed by atoms with Gasteiger partial charge in [-0.05, 0) is 62.1 Å². The van der Waals surface area contributed by atoms with Crippen molar-refractivity contribution in [1.82, 2.24) is 15.1 Å². The third kappa shape index (κ3) is 3.56. The Balaban J connectivity index is 1.51. The van der Waals surface area contributed by atoms with E-state index in [1.165, 1.54) is 16.7 Å². The zero-order chi connectivity index (χ0) is 19.8. The first-order valence-electron chi connectivity index (χ1n) is 10.5. The third-order valence-corrected chi connectivity index (χ3v) is 6.28. The van der Waals surface area contributed by atoms with Gasteiger partial charge in [0.05, 0.1) is 11.7 Å². The van der Waals surface area contributed by atoms with E-state index in [0.717, 1.165) is 49.4 Å². The van der Waals surface area contributed by atoms with Gasteiger partial charge >= 0.3 is 0 Å². The first-order chi connectivity index (χ1) is 14.2. The maximum atomic E-state index is 6.78. The highest BCUT2D eigenvalue weighted by Crippen LogP contribution is 2.41. The summed E-state index contributed by atoms with van der Waals surface area (Å²) in [4.78, 5) is 2.54. The average Bonchev–Trinajstić information content (AvgIpc) is 3.38. The molecule has 0 unspecified atom stereocenters. The number of ether oxygens (including phenoxy) is 1. The number of nitrogens with zero attached hydrogens (tertiary/aromatic N) is 2. The standard InChI is InChI=1S/C24H28N4O/c1-16-8-9-23(20(13-16)21-10-11-26-27-21)29-24-19-7-3-2-5-17(19)14-22(24)28-12-4-6-18(25)15-28/h2-3,5,7-11,13,18,22,24H,4,6,12,14-15,25H2,1H3,(H,26,27)/t18-,22-,24-/m1/s1. The largest absolute Gasteiger partial charge is 0.483 e. The Morgan fingerprint density at radius 1 is 1.17 bits per heavy atom. The first kappa shape index (κ1) is 18.4. The molecule has 2 aliphatic rings. The van der Waals surface area contributed by atoms with Crippen LogP contribution in [0.25, 0.3) is 11.3 Å². The molecule has 2 aromatic carbocycles. The number of rotatable bonds is 4. The van der Waals surface area contributed by atoms with E-state index in [1.54, 1.807) is 6.20 Å². The molecule has 3 aromatic rings. The van der Waals surface area contributed by atoms with Crippen LogP contribution in [0.1, 0.15) is 35.6 Å². The van der Waals surface area contributed by atoms with Crippen LogP contribution in [-0.2, 0) is 6.42 Å². The number of nitrogens with two attached hydrogens (primary N) is 1. The van der Waals surface area contributed by atoms with E-state index in [-0.39, 0.29) is 12.1 Å². The van der Waals surface area contributed by atoms with Crippen LogP contribution in [0.3, 0.4) is 0 Å². The molecule has 0 radical (unpaired) electrons. The van der Waals surface area contributed by atoms with Gasteiger partial charge in [-0.3, -0.25) is 10.00 Å². The topological polar surface area (TPSA) is 67.2 Å². The Labute approximate surface area is 171 Å². The highest BCUT2D eigenvalue weighted by Gasteiger charge is 2.39. The minimum absolute atomic E-state index is 0.000813. The quantitative estimate of drug-likeness (QED) is 0.712. The fraction of sp³-hybridized carbons (Fsp3) is 0.375. The van der Waals surface area contributed by atoms with Gasteiger partial charge in [0.25, 0.3) is 0 Å². The number of hydrogen-bond donors (Lipinski definition) is 2. The molecule has 0 bridgehead atoms. The number of aryl methyl sites for hydroxylation is 1. The number of H-pyrrole nitrogens is 1. The van der Waals surface area contributed by atoms with Crippen LogP contribution in [0.15, 0.2) is 54.7 Å². The van der Waals surface area contributed by atoms with Gasteiger partial charge in [-0.25, -0.2) is 0 Å². The van der Waals surface area contributed by atoms with E-state index in [1.807, 2.05) is 6.07 Å². The number of benzene rings is 2. The molecule has 1 fully saturated rings. The summed E-state index contributed by atoms with van der Waals surface area (Å²) in [7, 11) is 0. The predicted octanol–water partition coefficient (Wildman–Crippen LogP) is 3.85. The second-order valence-electron chi connectivity index (χ2n) is 8.38. The SMILES string of the molecule is Cc1ccc(O[C@@H]2c3ccccc3C[C@H]2N2CCC[C@@H](N)C2)c(-c2ccn[nH]2)c1. The lowest BCUT2D eigenvalue weighted by atomic mass is 10.0. The summed E-state index contributed by atoms with van der Waals surface area (Å²) in [6.07, 6.45) is 5.07. The molecule has 0 amide bonds. The fourth-order valence-electron chi connectivity index (χ4n) is 4.84. The first-order valence-corrected chi connectivity index (χ1v) is 10.5. The monoisotopic (exact) mass is 388 g/mol. The van der Waals surface area contributed by atoms with Crippen molar-refractivity contribution in [2.75, 3.05) is 13.1 Å². The molecule has 5 rings (SSSR count). The van der Waals surface area contributed by atoms with Crippen LogP contribution >= 0.6 is 0 Å². The highest BCUT2D eigenvalue weighted by molar-refractivity contribution is 5.67. The van der Waals surface area contributed by atoms with Crippen molar-refractivity contribution in [3.8, 4) is 17.0 Å². The van der Waals surface area contributed by atoms with Crippen LogP contribution in [0, 0.1) is 6.92 Å². The molecular formula is C24H28N4O.